The van der Waals surface area contributed by atoms with Crippen LogP contribution in [0.2, 0.25) is 0 Å². The first kappa shape index (κ1) is 19.1. The molecule has 5 rings (SSSR count). The Hall–Kier alpha value is -2.90. The van der Waals surface area contributed by atoms with E-state index in [0.29, 0.717) is 29.5 Å². The number of hydrogen-bond acceptors (Lipinski definition) is 8. The van der Waals surface area contributed by atoms with E-state index in [0.717, 1.165) is 48.9 Å². The van der Waals surface area contributed by atoms with Gasteiger partial charge in [0.05, 0.1) is 56.5 Å². The van der Waals surface area contributed by atoms with E-state index in [4.69, 9.17) is 24.2 Å². The molecule has 0 N–H and O–H groups in total. The molecule has 0 bridgehead atoms. The standard InChI is InChI=1S/C22H27N5O3/c1-28-20-9-15-18(10-21(20)29-2)26-24-11-19(15)27-8-7-14(13-27)30-22-12-23-16-5-3-4-6-17(16)25-22/h9-12,14,16-17H,3-8,13H2,1-2H3. The third kappa shape index (κ3) is 3.55. The van der Waals surface area contributed by atoms with E-state index in [-0.39, 0.29) is 6.10 Å². The van der Waals surface area contributed by atoms with Gasteiger partial charge in [0.2, 0.25) is 5.90 Å². The molecule has 8 nitrogen and oxygen atoms in total. The number of hydrogen-bond donors (Lipinski definition) is 0. The fourth-order valence-corrected chi connectivity index (χ4v) is 4.67. The van der Waals surface area contributed by atoms with E-state index in [1.165, 1.54) is 12.8 Å². The monoisotopic (exact) mass is 409 g/mol. The van der Waals surface area contributed by atoms with Crippen molar-refractivity contribution in [3.63, 3.8) is 0 Å². The van der Waals surface area contributed by atoms with Gasteiger partial charge in [0, 0.05) is 24.4 Å². The molecule has 2 aliphatic heterocycles. The van der Waals surface area contributed by atoms with Gasteiger partial charge in [-0.25, -0.2) is 4.99 Å². The van der Waals surface area contributed by atoms with Gasteiger partial charge >= 0.3 is 0 Å². The highest BCUT2D eigenvalue weighted by Crippen LogP contribution is 2.36. The second kappa shape index (κ2) is 8.08. The van der Waals surface area contributed by atoms with Gasteiger partial charge in [-0.05, 0) is 18.9 Å². The molecule has 8 heteroatoms. The largest absolute Gasteiger partial charge is 0.493 e. The van der Waals surface area contributed by atoms with Crippen LogP contribution in [-0.4, -0.2) is 67.8 Å². The number of benzene rings is 1. The van der Waals surface area contributed by atoms with E-state index in [1.54, 1.807) is 14.2 Å². The second-order valence-corrected chi connectivity index (χ2v) is 8.09. The van der Waals surface area contributed by atoms with Gasteiger partial charge < -0.3 is 19.1 Å². The molecule has 1 saturated carbocycles. The summed E-state index contributed by atoms with van der Waals surface area (Å²) in [6.07, 6.45) is 9.40. The zero-order valence-electron chi connectivity index (χ0n) is 17.5. The van der Waals surface area contributed by atoms with Crippen molar-refractivity contribution in [1.29, 1.82) is 0 Å². The van der Waals surface area contributed by atoms with E-state index < -0.39 is 0 Å². The summed E-state index contributed by atoms with van der Waals surface area (Å²) < 4.78 is 17.1. The third-order valence-corrected chi connectivity index (χ3v) is 6.26. The Labute approximate surface area is 176 Å². The van der Waals surface area contributed by atoms with Gasteiger partial charge in [0.25, 0.3) is 0 Å². The zero-order chi connectivity index (χ0) is 20.5. The highest BCUT2D eigenvalue weighted by atomic mass is 16.5. The summed E-state index contributed by atoms with van der Waals surface area (Å²) in [7, 11) is 3.26. The van der Waals surface area contributed by atoms with Gasteiger partial charge in [0.1, 0.15) is 6.10 Å². The molecule has 2 fully saturated rings. The molecule has 158 valence electrons. The van der Waals surface area contributed by atoms with Crippen LogP contribution in [-0.2, 0) is 4.74 Å². The number of methoxy groups -OCH3 is 2. The highest BCUT2D eigenvalue weighted by molar-refractivity contribution is 6.27. The topological polar surface area (TPSA) is 81.4 Å². The molecular weight excluding hydrogens is 382 g/mol. The van der Waals surface area contributed by atoms with E-state index in [9.17, 15) is 0 Å². The van der Waals surface area contributed by atoms with Gasteiger partial charge in [-0.3, -0.25) is 4.99 Å². The van der Waals surface area contributed by atoms with E-state index in [2.05, 4.69) is 15.1 Å². The molecule has 0 spiro atoms. The first-order valence-corrected chi connectivity index (χ1v) is 10.6. The van der Waals surface area contributed by atoms with Crippen LogP contribution < -0.4 is 14.4 Å². The second-order valence-electron chi connectivity index (χ2n) is 8.09. The lowest BCUT2D eigenvalue weighted by molar-refractivity contribution is 0.211. The number of rotatable bonds is 4. The first-order chi connectivity index (χ1) is 14.7. The molecular formula is C22H27N5O3. The summed E-state index contributed by atoms with van der Waals surface area (Å²) in [6, 6.07) is 4.48. The van der Waals surface area contributed by atoms with Crippen LogP contribution in [0, 0.1) is 0 Å². The van der Waals surface area contributed by atoms with Crippen molar-refractivity contribution in [2.75, 3.05) is 32.2 Å². The summed E-state index contributed by atoms with van der Waals surface area (Å²) in [5, 5.41) is 9.46. The molecule has 1 aromatic carbocycles. The summed E-state index contributed by atoms with van der Waals surface area (Å²) in [4.78, 5) is 11.8. The molecule has 2 aromatic rings. The molecule has 30 heavy (non-hydrogen) atoms. The van der Waals surface area contributed by atoms with Crippen LogP contribution >= 0.6 is 0 Å². The lowest BCUT2D eigenvalue weighted by Gasteiger charge is -2.29. The first-order valence-electron chi connectivity index (χ1n) is 10.6. The molecule has 3 heterocycles. The number of fused-ring (bicyclic) bond motifs is 2. The van der Waals surface area contributed by atoms with E-state index in [1.807, 2.05) is 24.5 Å². The normalized spacial score (nSPS) is 25.7. The Balaban J connectivity index is 1.33. The zero-order valence-corrected chi connectivity index (χ0v) is 17.5. The maximum atomic E-state index is 6.22. The third-order valence-electron chi connectivity index (χ3n) is 6.26. The minimum atomic E-state index is 0.0821. The highest BCUT2D eigenvalue weighted by Gasteiger charge is 2.30. The van der Waals surface area contributed by atoms with Crippen LogP contribution in [0.1, 0.15) is 32.1 Å². The summed E-state index contributed by atoms with van der Waals surface area (Å²) in [5.74, 6) is 2.02. The predicted octanol–water partition coefficient (Wildman–Crippen LogP) is 3.04. The van der Waals surface area contributed by atoms with Crippen molar-refractivity contribution in [2.24, 2.45) is 9.98 Å². The van der Waals surface area contributed by atoms with Gasteiger partial charge in [-0.1, -0.05) is 12.8 Å². The minimum absolute atomic E-state index is 0.0821. The number of anilines is 1. The van der Waals surface area contributed by atoms with Crippen LogP contribution in [0.4, 0.5) is 5.69 Å². The molecule has 0 amide bonds. The summed E-state index contributed by atoms with van der Waals surface area (Å²) >= 11 is 0. The van der Waals surface area contributed by atoms with Crippen LogP contribution in [0.25, 0.3) is 10.9 Å². The minimum Gasteiger partial charge on any atom is -0.493 e. The molecule has 1 aliphatic carbocycles. The van der Waals surface area contributed by atoms with Gasteiger partial charge in [-0.15, -0.1) is 0 Å². The fourth-order valence-electron chi connectivity index (χ4n) is 4.67. The number of nitrogens with zero attached hydrogens (tertiary/aromatic N) is 5. The van der Waals surface area contributed by atoms with Crippen molar-refractivity contribution >= 4 is 28.7 Å². The van der Waals surface area contributed by atoms with Crippen molar-refractivity contribution in [2.45, 2.75) is 50.3 Å². The van der Waals surface area contributed by atoms with Crippen LogP contribution in [0.3, 0.4) is 0 Å². The Bertz CT molecular complexity index is 992. The van der Waals surface area contributed by atoms with Crippen molar-refractivity contribution in [3.8, 4) is 11.5 Å². The molecule has 3 aliphatic rings. The molecule has 3 unspecified atom stereocenters. The predicted molar refractivity (Wildman–Crippen MR) is 116 cm³/mol. The average Bonchev–Trinajstić information content (AvgIpc) is 3.25. The smallest absolute Gasteiger partial charge is 0.227 e. The lowest BCUT2D eigenvalue weighted by Crippen LogP contribution is -2.34. The van der Waals surface area contributed by atoms with Crippen LogP contribution in [0.15, 0.2) is 28.3 Å². The fraction of sp³-hybridized carbons (Fsp3) is 0.545. The van der Waals surface area contributed by atoms with E-state index >= 15 is 0 Å². The lowest BCUT2D eigenvalue weighted by atomic mass is 9.90. The van der Waals surface area contributed by atoms with Crippen LogP contribution in [0.5, 0.6) is 11.5 Å². The van der Waals surface area contributed by atoms with Gasteiger partial charge in [-0.2, -0.15) is 10.2 Å². The average molecular weight is 409 g/mol. The maximum Gasteiger partial charge on any atom is 0.227 e. The Kier molecular flexibility index (Phi) is 5.14. The molecule has 1 aromatic heterocycles. The number of ether oxygens (including phenoxy) is 3. The Morgan fingerprint density at radius 2 is 1.80 bits per heavy atom. The van der Waals surface area contributed by atoms with Crippen molar-refractivity contribution in [3.05, 3.63) is 18.3 Å². The molecule has 3 atom stereocenters. The summed E-state index contributed by atoms with van der Waals surface area (Å²) in [5.41, 5.74) is 1.81. The van der Waals surface area contributed by atoms with Gasteiger partial charge in [0.15, 0.2) is 11.5 Å². The Morgan fingerprint density at radius 3 is 2.63 bits per heavy atom. The summed E-state index contributed by atoms with van der Waals surface area (Å²) in [6.45, 7) is 1.66. The quantitative estimate of drug-likeness (QED) is 0.772. The molecule has 1 saturated heterocycles. The number of aromatic nitrogens is 2. The Morgan fingerprint density at radius 1 is 1.00 bits per heavy atom. The molecule has 0 radical (unpaired) electrons. The maximum absolute atomic E-state index is 6.22. The van der Waals surface area contributed by atoms with Crippen molar-refractivity contribution in [1.82, 2.24) is 10.2 Å². The number of aliphatic imine (C=N–C) groups is 2. The SMILES string of the molecule is COc1cc2nncc(N3CCC(OC4=NC5CCCCC5N=C4)C3)c2cc1OC. The van der Waals surface area contributed by atoms with Crippen molar-refractivity contribution < 1.29 is 14.2 Å².